The average Bonchev–Trinajstić information content (AvgIpc) is 2.66. The lowest BCUT2D eigenvalue weighted by molar-refractivity contribution is 0.154. The minimum absolute atomic E-state index is 0.127. The van der Waals surface area contributed by atoms with Gasteiger partial charge < -0.3 is 10.1 Å². The maximum Gasteiger partial charge on any atom is 0.407 e. The van der Waals surface area contributed by atoms with Gasteiger partial charge in [0, 0.05) is 0 Å². The second-order valence-electron chi connectivity index (χ2n) is 3.57. The molecule has 15 heavy (non-hydrogen) atoms. The van der Waals surface area contributed by atoms with Crippen molar-refractivity contribution in [2.75, 3.05) is 6.54 Å². The molecule has 3 heteroatoms. The van der Waals surface area contributed by atoms with Crippen LogP contribution in [0.25, 0.3) is 6.08 Å². The van der Waals surface area contributed by atoms with Crippen LogP contribution in [0.4, 0.5) is 4.79 Å². The first-order chi connectivity index (χ1) is 7.25. The normalized spacial score (nSPS) is 21.0. The molecule has 3 nitrogen and oxygen atoms in total. The van der Waals surface area contributed by atoms with Crippen LogP contribution in [-0.4, -0.2) is 18.7 Å². The largest absolute Gasteiger partial charge is 0.440 e. The average molecular weight is 203 g/mol. The number of alkyl carbamates (subject to hydrolysis) is 1. The fraction of sp³-hybridized carbons (Fsp3) is 0.250. The molecule has 78 valence electrons. The number of cyclic esters (lactones) is 1. The van der Waals surface area contributed by atoms with Gasteiger partial charge >= 0.3 is 6.09 Å². The SMILES string of the molecule is C/C(=C\c1ccccc1)C1CNC(=O)O1. The molecule has 1 amide bonds. The van der Waals surface area contributed by atoms with Crippen molar-refractivity contribution in [2.45, 2.75) is 13.0 Å². The van der Waals surface area contributed by atoms with E-state index in [2.05, 4.69) is 5.32 Å². The van der Waals surface area contributed by atoms with Crippen molar-refractivity contribution < 1.29 is 9.53 Å². The van der Waals surface area contributed by atoms with Gasteiger partial charge in [0.05, 0.1) is 6.54 Å². The van der Waals surface area contributed by atoms with Gasteiger partial charge in [-0.3, -0.25) is 0 Å². The summed E-state index contributed by atoms with van der Waals surface area (Å²) < 4.78 is 5.08. The Kier molecular flexibility index (Phi) is 2.72. The molecule has 1 N–H and O–H groups in total. The second kappa shape index (κ2) is 4.17. The van der Waals surface area contributed by atoms with E-state index in [1.165, 1.54) is 0 Å². The summed E-state index contributed by atoms with van der Waals surface area (Å²) >= 11 is 0. The molecule has 2 rings (SSSR count). The zero-order chi connectivity index (χ0) is 10.7. The number of rotatable bonds is 2. The molecule has 1 aromatic rings. The van der Waals surface area contributed by atoms with Crippen molar-refractivity contribution in [1.29, 1.82) is 0 Å². The Labute approximate surface area is 88.8 Å². The van der Waals surface area contributed by atoms with E-state index < -0.39 is 0 Å². The van der Waals surface area contributed by atoms with Crippen LogP contribution in [0, 0.1) is 0 Å². The molecule has 1 aliphatic rings. The fourth-order valence-electron chi connectivity index (χ4n) is 1.55. The number of carbonyl (C=O) groups is 1. The number of amides is 1. The van der Waals surface area contributed by atoms with Gasteiger partial charge in [0.15, 0.2) is 0 Å². The van der Waals surface area contributed by atoms with Crippen LogP contribution in [0.3, 0.4) is 0 Å². The summed E-state index contributed by atoms with van der Waals surface area (Å²) in [5.74, 6) is 0. The van der Waals surface area contributed by atoms with Crippen molar-refractivity contribution >= 4 is 12.2 Å². The molecule has 1 atom stereocenters. The van der Waals surface area contributed by atoms with Crippen LogP contribution in [0.15, 0.2) is 35.9 Å². The summed E-state index contributed by atoms with van der Waals surface area (Å²) in [4.78, 5) is 10.8. The lowest BCUT2D eigenvalue weighted by Crippen LogP contribution is -2.15. The molecule has 0 radical (unpaired) electrons. The van der Waals surface area contributed by atoms with Crippen LogP contribution in [-0.2, 0) is 4.74 Å². The number of ether oxygens (including phenoxy) is 1. The first-order valence-electron chi connectivity index (χ1n) is 4.93. The van der Waals surface area contributed by atoms with E-state index >= 15 is 0 Å². The van der Waals surface area contributed by atoms with Crippen molar-refractivity contribution in [3.05, 3.63) is 41.5 Å². The van der Waals surface area contributed by atoms with Crippen LogP contribution in [0.5, 0.6) is 0 Å². The molecule has 1 fully saturated rings. The van der Waals surface area contributed by atoms with Crippen LogP contribution < -0.4 is 5.32 Å². The molecule has 1 saturated heterocycles. The van der Waals surface area contributed by atoms with E-state index in [0.29, 0.717) is 6.54 Å². The Morgan fingerprint density at radius 1 is 1.47 bits per heavy atom. The van der Waals surface area contributed by atoms with E-state index in [9.17, 15) is 4.79 Å². The highest BCUT2D eigenvalue weighted by molar-refractivity contribution is 5.70. The Morgan fingerprint density at radius 3 is 2.80 bits per heavy atom. The van der Waals surface area contributed by atoms with Gasteiger partial charge in [0.2, 0.25) is 0 Å². The Morgan fingerprint density at radius 2 is 2.20 bits per heavy atom. The first-order valence-corrected chi connectivity index (χ1v) is 4.93. The maximum absolute atomic E-state index is 10.8. The fourth-order valence-corrected chi connectivity index (χ4v) is 1.55. The monoisotopic (exact) mass is 203 g/mol. The number of carbonyl (C=O) groups excluding carboxylic acids is 1. The third-order valence-corrected chi connectivity index (χ3v) is 2.38. The van der Waals surface area contributed by atoms with Crippen molar-refractivity contribution in [1.82, 2.24) is 5.32 Å². The number of hydrogen-bond donors (Lipinski definition) is 1. The highest BCUT2D eigenvalue weighted by atomic mass is 16.6. The molecule has 1 aromatic carbocycles. The van der Waals surface area contributed by atoms with Crippen molar-refractivity contribution in [3.8, 4) is 0 Å². The van der Waals surface area contributed by atoms with E-state index in [4.69, 9.17) is 4.74 Å². The standard InChI is InChI=1S/C12H13NO2/c1-9(11-8-13-12(14)15-11)7-10-5-3-2-4-6-10/h2-7,11H,8H2,1H3,(H,13,14)/b9-7+. The molecule has 0 bridgehead atoms. The van der Waals surface area contributed by atoms with Gasteiger partial charge in [-0.15, -0.1) is 0 Å². The van der Waals surface area contributed by atoms with E-state index in [0.717, 1.165) is 11.1 Å². The van der Waals surface area contributed by atoms with E-state index in [1.807, 2.05) is 43.3 Å². The summed E-state index contributed by atoms with van der Waals surface area (Å²) in [5, 5.41) is 2.63. The van der Waals surface area contributed by atoms with Crippen molar-refractivity contribution in [3.63, 3.8) is 0 Å². The Bertz CT molecular complexity index is 384. The molecule has 1 aliphatic heterocycles. The summed E-state index contributed by atoms with van der Waals surface area (Å²) in [5.41, 5.74) is 2.18. The zero-order valence-corrected chi connectivity index (χ0v) is 8.57. The van der Waals surface area contributed by atoms with E-state index in [1.54, 1.807) is 0 Å². The quantitative estimate of drug-likeness (QED) is 0.800. The first kappa shape index (κ1) is 9.77. The smallest absolute Gasteiger partial charge is 0.407 e. The predicted octanol–water partition coefficient (Wildman–Crippen LogP) is 2.20. The lowest BCUT2D eigenvalue weighted by Gasteiger charge is -2.07. The van der Waals surface area contributed by atoms with E-state index in [-0.39, 0.29) is 12.2 Å². The lowest BCUT2D eigenvalue weighted by atomic mass is 10.1. The third kappa shape index (κ3) is 2.37. The molecule has 1 unspecified atom stereocenters. The highest BCUT2D eigenvalue weighted by Gasteiger charge is 2.23. The Hall–Kier alpha value is -1.77. The zero-order valence-electron chi connectivity index (χ0n) is 8.57. The van der Waals surface area contributed by atoms with Crippen LogP contribution >= 0.6 is 0 Å². The van der Waals surface area contributed by atoms with Crippen LogP contribution in [0.1, 0.15) is 12.5 Å². The molecule has 0 saturated carbocycles. The van der Waals surface area contributed by atoms with Gasteiger partial charge in [0.1, 0.15) is 6.10 Å². The highest BCUT2D eigenvalue weighted by Crippen LogP contribution is 2.14. The van der Waals surface area contributed by atoms with Gasteiger partial charge in [0.25, 0.3) is 0 Å². The molecule has 0 spiro atoms. The molecular weight excluding hydrogens is 190 g/mol. The maximum atomic E-state index is 10.8. The molecule has 0 aromatic heterocycles. The summed E-state index contributed by atoms with van der Waals surface area (Å²) in [6.45, 7) is 2.53. The molecule has 0 aliphatic carbocycles. The van der Waals surface area contributed by atoms with Crippen molar-refractivity contribution in [2.24, 2.45) is 0 Å². The molecular formula is C12H13NO2. The predicted molar refractivity (Wildman–Crippen MR) is 58.4 cm³/mol. The van der Waals surface area contributed by atoms with Gasteiger partial charge in [-0.1, -0.05) is 36.4 Å². The number of hydrogen-bond acceptors (Lipinski definition) is 2. The van der Waals surface area contributed by atoms with Gasteiger partial charge in [-0.25, -0.2) is 4.79 Å². The van der Waals surface area contributed by atoms with Crippen LogP contribution in [0.2, 0.25) is 0 Å². The number of nitrogens with one attached hydrogen (secondary N) is 1. The summed E-state index contributed by atoms with van der Waals surface area (Å²) in [7, 11) is 0. The summed E-state index contributed by atoms with van der Waals surface area (Å²) in [6, 6.07) is 9.99. The minimum Gasteiger partial charge on any atom is -0.440 e. The van der Waals surface area contributed by atoms with Gasteiger partial charge in [-0.2, -0.15) is 0 Å². The van der Waals surface area contributed by atoms with Gasteiger partial charge in [-0.05, 0) is 18.1 Å². The molecule has 1 heterocycles. The number of benzene rings is 1. The third-order valence-electron chi connectivity index (χ3n) is 2.38. The Balaban J connectivity index is 2.11. The second-order valence-corrected chi connectivity index (χ2v) is 3.57. The summed E-state index contributed by atoms with van der Waals surface area (Å²) in [6.07, 6.45) is 1.57. The topological polar surface area (TPSA) is 38.3 Å². The minimum atomic E-state index is -0.333.